The SMILES string of the molecule is CCc1nc(-c2ccc3c(c2)CCC3NC(=O)c2ccnc(C)c2)no1. The number of amides is 1. The highest BCUT2D eigenvalue weighted by Crippen LogP contribution is 2.34. The molecule has 0 fully saturated rings. The molecule has 1 aromatic carbocycles. The summed E-state index contributed by atoms with van der Waals surface area (Å²) in [6.45, 7) is 3.86. The van der Waals surface area contributed by atoms with Crippen molar-refractivity contribution >= 4 is 5.91 Å². The van der Waals surface area contributed by atoms with E-state index in [-0.39, 0.29) is 11.9 Å². The number of pyridine rings is 1. The Bertz CT molecular complexity index is 964. The first kappa shape index (κ1) is 16.4. The van der Waals surface area contributed by atoms with Crippen LogP contribution in [0.1, 0.15) is 52.5 Å². The number of carbonyl (C=O) groups is 1. The van der Waals surface area contributed by atoms with Crippen molar-refractivity contribution in [1.82, 2.24) is 20.4 Å². The minimum Gasteiger partial charge on any atom is -0.345 e. The van der Waals surface area contributed by atoms with Gasteiger partial charge < -0.3 is 9.84 Å². The van der Waals surface area contributed by atoms with Gasteiger partial charge in [0.25, 0.3) is 5.91 Å². The van der Waals surface area contributed by atoms with Crippen molar-refractivity contribution in [2.75, 3.05) is 0 Å². The predicted molar refractivity (Wildman–Crippen MR) is 96.6 cm³/mol. The predicted octanol–water partition coefficient (Wildman–Crippen LogP) is 3.42. The van der Waals surface area contributed by atoms with Crippen LogP contribution < -0.4 is 5.32 Å². The topological polar surface area (TPSA) is 80.9 Å². The molecular weight excluding hydrogens is 328 g/mol. The monoisotopic (exact) mass is 348 g/mol. The van der Waals surface area contributed by atoms with Crippen LogP contribution in [0.25, 0.3) is 11.4 Å². The van der Waals surface area contributed by atoms with Crippen LogP contribution in [0.5, 0.6) is 0 Å². The van der Waals surface area contributed by atoms with E-state index in [0.29, 0.717) is 17.3 Å². The third-order valence-electron chi connectivity index (χ3n) is 4.71. The molecule has 0 saturated carbocycles. The highest BCUT2D eigenvalue weighted by atomic mass is 16.5. The summed E-state index contributed by atoms with van der Waals surface area (Å²) in [7, 11) is 0. The van der Waals surface area contributed by atoms with Gasteiger partial charge in [-0.15, -0.1) is 0 Å². The third-order valence-corrected chi connectivity index (χ3v) is 4.71. The number of nitrogens with one attached hydrogen (secondary N) is 1. The summed E-state index contributed by atoms with van der Waals surface area (Å²) >= 11 is 0. The normalized spacial score (nSPS) is 15.7. The number of hydrogen-bond donors (Lipinski definition) is 1. The second-order valence-electron chi connectivity index (χ2n) is 6.53. The minimum absolute atomic E-state index is 0.0245. The van der Waals surface area contributed by atoms with Gasteiger partial charge in [0.05, 0.1) is 6.04 Å². The van der Waals surface area contributed by atoms with E-state index >= 15 is 0 Å². The van der Waals surface area contributed by atoms with E-state index in [1.807, 2.05) is 19.9 Å². The summed E-state index contributed by atoms with van der Waals surface area (Å²) in [6, 6.07) is 9.71. The van der Waals surface area contributed by atoms with Gasteiger partial charge in [0.2, 0.25) is 11.7 Å². The van der Waals surface area contributed by atoms with E-state index in [9.17, 15) is 4.79 Å². The molecule has 1 N–H and O–H groups in total. The quantitative estimate of drug-likeness (QED) is 0.781. The molecule has 1 aliphatic rings. The summed E-state index contributed by atoms with van der Waals surface area (Å²) in [5.41, 5.74) is 4.81. The van der Waals surface area contributed by atoms with Crippen molar-refractivity contribution in [3.05, 3.63) is 64.8 Å². The summed E-state index contributed by atoms with van der Waals surface area (Å²) in [5, 5.41) is 7.17. The molecule has 1 aliphatic carbocycles. The Morgan fingerprint density at radius 1 is 1.31 bits per heavy atom. The Hall–Kier alpha value is -3.02. The second-order valence-corrected chi connectivity index (χ2v) is 6.53. The van der Waals surface area contributed by atoms with Crippen LogP contribution in [0.4, 0.5) is 0 Å². The van der Waals surface area contributed by atoms with Gasteiger partial charge in [0.1, 0.15) is 0 Å². The Labute approximate surface area is 151 Å². The number of fused-ring (bicyclic) bond motifs is 1. The molecule has 1 unspecified atom stereocenters. The molecule has 26 heavy (non-hydrogen) atoms. The Kier molecular flexibility index (Phi) is 4.24. The van der Waals surface area contributed by atoms with Crippen LogP contribution >= 0.6 is 0 Å². The van der Waals surface area contributed by atoms with E-state index in [1.54, 1.807) is 18.3 Å². The van der Waals surface area contributed by atoms with E-state index in [4.69, 9.17) is 4.52 Å². The summed E-state index contributed by atoms with van der Waals surface area (Å²) in [4.78, 5) is 21.0. The number of nitrogens with zero attached hydrogens (tertiary/aromatic N) is 3. The lowest BCUT2D eigenvalue weighted by Crippen LogP contribution is -2.27. The van der Waals surface area contributed by atoms with Crippen LogP contribution in [0, 0.1) is 6.92 Å². The molecule has 2 heterocycles. The molecule has 0 radical (unpaired) electrons. The summed E-state index contributed by atoms with van der Waals surface area (Å²) in [6.07, 6.45) is 4.19. The van der Waals surface area contributed by atoms with E-state index in [1.165, 1.54) is 5.56 Å². The molecule has 1 atom stereocenters. The van der Waals surface area contributed by atoms with Gasteiger partial charge in [-0.25, -0.2) is 0 Å². The van der Waals surface area contributed by atoms with E-state index in [2.05, 4.69) is 32.6 Å². The molecule has 4 rings (SSSR count). The van der Waals surface area contributed by atoms with Gasteiger partial charge in [0, 0.05) is 29.4 Å². The lowest BCUT2D eigenvalue weighted by atomic mass is 10.0. The zero-order chi connectivity index (χ0) is 18.1. The maximum atomic E-state index is 12.5. The van der Waals surface area contributed by atoms with Gasteiger partial charge in [0.15, 0.2) is 0 Å². The van der Waals surface area contributed by atoms with Gasteiger partial charge >= 0.3 is 0 Å². The second kappa shape index (κ2) is 6.71. The third kappa shape index (κ3) is 3.10. The zero-order valence-corrected chi connectivity index (χ0v) is 14.8. The number of benzene rings is 1. The molecule has 3 aromatic rings. The summed E-state index contributed by atoms with van der Waals surface area (Å²) < 4.78 is 5.20. The lowest BCUT2D eigenvalue weighted by molar-refractivity contribution is 0.0936. The zero-order valence-electron chi connectivity index (χ0n) is 14.8. The number of carbonyl (C=O) groups excluding carboxylic acids is 1. The molecule has 0 bridgehead atoms. The lowest BCUT2D eigenvalue weighted by Gasteiger charge is -2.14. The molecule has 6 nitrogen and oxygen atoms in total. The number of aryl methyl sites for hydroxylation is 3. The van der Waals surface area contributed by atoms with Gasteiger partial charge in [-0.2, -0.15) is 4.98 Å². The largest absolute Gasteiger partial charge is 0.345 e. The maximum Gasteiger partial charge on any atom is 0.251 e. The fraction of sp³-hybridized carbons (Fsp3) is 0.300. The Morgan fingerprint density at radius 2 is 2.19 bits per heavy atom. The first-order valence-electron chi connectivity index (χ1n) is 8.83. The van der Waals surface area contributed by atoms with Crippen LogP contribution in [0.2, 0.25) is 0 Å². The van der Waals surface area contributed by atoms with Gasteiger partial charge in [-0.1, -0.05) is 24.2 Å². The molecule has 2 aromatic heterocycles. The number of rotatable bonds is 4. The maximum absolute atomic E-state index is 12.5. The molecular formula is C20H20N4O2. The van der Waals surface area contributed by atoms with Crippen molar-refractivity contribution in [2.24, 2.45) is 0 Å². The van der Waals surface area contributed by atoms with Crippen LogP contribution in [-0.2, 0) is 12.8 Å². The molecule has 0 aliphatic heterocycles. The summed E-state index contributed by atoms with van der Waals surface area (Å²) in [5.74, 6) is 1.19. The fourth-order valence-corrected chi connectivity index (χ4v) is 3.35. The van der Waals surface area contributed by atoms with Crippen LogP contribution in [0.3, 0.4) is 0 Å². The number of aromatic nitrogens is 3. The molecule has 0 saturated heterocycles. The smallest absolute Gasteiger partial charge is 0.251 e. The number of hydrogen-bond acceptors (Lipinski definition) is 5. The van der Waals surface area contributed by atoms with Crippen molar-refractivity contribution in [2.45, 2.75) is 39.2 Å². The fourth-order valence-electron chi connectivity index (χ4n) is 3.35. The highest BCUT2D eigenvalue weighted by Gasteiger charge is 2.25. The van der Waals surface area contributed by atoms with E-state index in [0.717, 1.165) is 36.1 Å². The molecule has 0 spiro atoms. The van der Waals surface area contributed by atoms with E-state index < -0.39 is 0 Å². The average molecular weight is 348 g/mol. The Balaban J connectivity index is 1.53. The first-order valence-corrected chi connectivity index (χ1v) is 8.83. The minimum atomic E-state index is -0.0665. The standard InChI is InChI=1S/C20H20N4O2/c1-3-18-23-19(24-26-18)14-4-6-16-13(11-14)5-7-17(16)22-20(25)15-8-9-21-12(2)10-15/h4,6,8-11,17H,3,5,7H2,1-2H3,(H,22,25). The average Bonchev–Trinajstić information content (AvgIpc) is 3.28. The highest BCUT2D eigenvalue weighted by molar-refractivity contribution is 5.94. The van der Waals surface area contributed by atoms with Crippen molar-refractivity contribution in [3.63, 3.8) is 0 Å². The molecule has 132 valence electrons. The van der Waals surface area contributed by atoms with Crippen molar-refractivity contribution in [3.8, 4) is 11.4 Å². The van der Waals surface area contributed by atoms with Gasteiger partial charge in [-0.3, -0.25) is 9.78 Å². The van der Waals surface area contributed by atoms with Crippen molar-refractivity contribution < 1.29 is 9.32 Å². The van der Waals surface area contributed by atoms with Crippen LogP contribution in [0.15, 0.2) is 41.1 Å². The molecule has 1 amide bonds. The first-order chi connectivity index (χ1) is 12.6. The van der Waals surface area contributed by atoms with Gasteiger partial charge in [-0.05, 0) is 49.1 Å². The van der Waals surface area contributed by atoms with Crippen molar-refractivity contribution in [1.29, 1.82) is 0 Å². The Morgan fingerprint density at radius 3 is 2.96 bits per heavy atom. The van der Waals surface area contributed by atoms with Crippen LogP contribution in [-0.4, -0.2) is 21.0 Å². The molecule has 6 heteroatoms.